The lowest BCUT2D eigenvalue weighted by atomic mass is 9.49. The summed E-state index contributed by atoms with van der Waals surface area (Å²) in [7, 11) is 0. The second-order valence-electron chi connectivity index (χ2n) is 12.3. The number of rotatable bonds is 5. The van der Waals surface area contributed by atoms with Crippen LogP contribution in [0.2, 0.25) is 0 Å². The maximum Gasteiger partial charge on any atom is 0.0294 e. The van der Waals surface area contributed by atoms with Gasteiger partial charge in [0, 0.05) is 12.1 Å². The van der Waals surface area contributed by atoms with E-state index in [2.05, 4.69) is 63.3 Å². The predicted octanol–water partition coefficient (Wildman–Crippen LogP) is 10.1. The first kappa shape index (κ1) is 28.7. The van der Waals surface area contributed by atoms with Crippen LogP contribution in [-0.2, 0) is 0 Å². The summed E-state index contributed by atoms with van der Waals surface area (Å²) >= 11 is 0. The van der Waals surface area contributed by atoms with Crippen LogP contribution < -0.4 is 5.32 Å². The summed E-state index contributed by atoms with van der Waals surface area (Å²) in [4.78, 5) is 0. The van der Waals surface area contributed by atoms with Crippen molar-refractivity contribution in [3.8, 4) is 0 Å². The lowest BCUT2D eigenvalue weighted by Crippen LogP contribution is -2.51. The van der Waals surface area contributed by atoms with Gasteiger partial charge >= 0.3 is 0 Å². The van der Waals surface area contributed by atoms with E-state index in [-0.39, 0.29) is 0 Å². The van der Waals surface area contributed by atoms with Crippen molar-refractivity contribution in [2.24, 2.45) is 46.8 Å². The highest BCUT2D eigenvalue weighted by Gasteiger charge is 2.57. The van der Waals surface area contributed by atoms with Gasteiger partial charge < -0.3 is 5.32 Å². The molecule has 0 radical (unpaired) electrons. The average Bonchev–Trinajstić information content (AvgIpc) is 3.28. The SMILES string of the molecule is CC.CC.CCC1CCC2C(CCC3C2CCC2(C)C(C(C)NC(C)c4ccccc4)CCC32)C1. The molecule has 4 fully saturated rings. The smallest absolute Gasteiger partial charge is 0.0294 e. The number of fused-ring (bicyclic) bond motifs is 5. The van der Waals surface area contributed by atoms with E-state index in [1.54, 1.807) is 25.7 Å². The van der Waals surface area contributed by atoms with Crippen molar-refractivity contribution < 1.29 is 0 Å². The Bertz CT molecular complexity index is 727. The van der Waals surface area contributed by atoms with E-state index < -0.39 is 0 Å². The third kappa shape index (κ3) is 5.86. The zero-order valence-corrected chi connectivity index (χ0v) is 24.7. The third-order valence-corrected chi connectivity index (χ3v) is 11.1. The molecular weight excluding hydrogens is 422 g/mol. The predicted molar refractivity (Wildman–Crippen MR) is 155 cm³/mol. The highest BCUT2D eigenvalue weighted by molar-refractivity contribution is 5.18. The van der Waals surface area contributed by atoms with E-state index in [1.165, 1.54) is 44.1 Å². The molecule has 5 rings (SSSR count). The largest absolute Gasteiger partial charge is 0.307 e. The molecular formula is C34H59N. The molecule has 10 unspecified atom stereocenters. The molecule has 1 nitrogen and oxygen atoms in total. The molecule has 0 heterocycles. The molecule has 35 heavy (non-hydrogen) atoms. The highest BCUT2D eigenvalue weighted by atomic mass is 15.0. The van der Waals surface area contributed by atoms with Crippen molar-refractivity contribution in [1.29, 1.82) is 0 Å². The lowest BCUT2D eigenvalue weighted by Gasteiger charge is -2.57. The van der Waals surface area contributed by atoms with Gasteiger partial charge in [-0.2, -0.15) is 0 Å². The second kappa shape index (κ2) is 13.1. The number of nitrogens with one attached hydrogen (secondary N) is 1. The van der Waals surface area contributed by atoms with Crippen molar-refractivity contribution in [2.75, 3.05) is 0 Å². The zero-order valence-electron chi connectivity index (χ0n) is 24.7. The first-order valence-electron chi connectivity index (χ1n) is 15.8. The fraction of sp³-hybridized carbons (Fsp3) is 0.824. The van der Waals surface area contributed by atoms with Gasteiger partial charge in [-0.1, -0.05) is 84.7 Å². The van der Waals surface area contributed by atoms with Crippen LogP contribution in [0.3, 0.4) is 0 Å². The van der Waals surface area contributed by atoms with Crippen LogP contribution in [0.15, 0.2) is 30.3 Å². The maximum absolute atomic E-state index is 4.02. The van der Waals surface area contributed by atoms with E-state index >= 15 is 0 Å². The van der Waals surface area contributed by atoms with Crippen LogP contribution in [0, 0.1) is 46.8 Å². The normalized spacial score (nSPS) is 39.4. The first-order valence-corrected chi connectivity index (χ1v) is 15.8. The number of hydrogen-bond donors (Lipinski definition) is 1. The Labute approximate surface area is 219 Å². The van der Waals surface area contributed by atoms with E-state index in [4.69, 9.17) is 0 Å². The summed E-state index contributed by atoms with van der Waals surface area (Å²) in [5.74, 6) is 7.16. The third-order valence-electron chi connectivity index (χ3n) is 11.1. The Morgan fingerprint density at radius 2 is 1.51 bits per heavy atom. The van der Waals surface area contributed by atoms with E-state index in [1.807, 2.05) is 27.7 Å². The summed E-state index contributed by atoms with van der Waals surface area (Å²) < 4.78 is 0. The number of benzene rings is 1. The van der Waals surface area contributed by atoms with Gasteiger partial charge in [-0.05, 0) is 118 Å². The average molecular weight is 482 g/mol. The molecule has 0 bridgehead atoms. The number of hydrogen-bond acceptors (Lipinski definition) is 1. The Hall–Kier alpha value is -0.820. The van der Waals surface area contributed by atoms with Gasteiger partial charge in [0.05, 0.1) is 0 Å². The van der Waals surface area contributed by atoms with E-state index in [9.17, 15) is 0 Å². The van der Waals surface area contributed by atoms with Crippen molar-refractivity contribution >= 4 is 0 Å². The minimum Gasteiger partial charge on any atom is -0.307 e. The van der Waals surface area contributed by atoms with Crippen LogP contribution in [0.25, 0.3) is 0 Å². The summed E-state index contributed by atoms with van der Waals surface area (Å²) in [6.45, 7) is 18.0. The molecule has 1 aromatic rings. The maximum atomic E-state index is 4.02. The Morgan fingerprint density at radius 1 is 0.829 bits per heavy atom. The van der Waals surface area contributed by atoms with Gasteiger partial charge in [-0.15, -0.1) is 0 Å². The molecule has 4 aliphatic carbocycles. The van der Waals surface area contributed by atoms with Gasteiger partial charge in [0.15, 0.2) is 0 Å². The Kier molecular flexibility index (Phi) is 10.8. The molecule has 10 atom stereocenters. The van der Waals surface area contributed by atoms with Crippen LogP contribution in [0.4, 0.5) is 0 Å². The lowest BCUT2D eigenvalue weighted by molar-refractivity contribution is -0.0715. The fourth-order valence-corrected chi connectivity index (χ4v) is 9.53. The summed E-state index contributed by atoms with van der Waals surface area (Å²) in [6.07, 6.45) is 15.2. The van der Waals surface area contributed by atoms with Gasteiger partial charge in [-0.25, -0.2) is 0 Å². The zero-order chi connectivity index (χ0) is 25.6. The molecule has 200 valence electrons. The van der Waals surface area contributed by atoms with Crippen molar-refractivity contribution in [3.63, 3.8) is 0 Å². The summed E-state index contributed by atoms with van der Waals surface area (Å²) in [6, 6.07) is 12.1. The quantitative estimate of drug-likeness (QED) is 0.441. The molecule has 1 aromatic carbocycles. The molecule has 0 spiro atoms. The molecule has 1 N–H and O–H groups in total. The van der Waals surface area contributed by atoms with Gasteiger partial charge in [0.1, 0.15) is 0 Å². The Balaban J connectivity index is 0.000000815. The molecule has 0 saturated heterocycles. The summed E-state index contributed by atoms with van der Waals surface area (Å²) in [5, 5.41) is 4.02. The molecule has 0 aromatic heterocycles. The van der Waals surface area contributed by atoms with Crippen LogP contribution in [-0.4, -0.2) is 6.04 Å². The van der Waals surface area contributed by atoms with Gasteiger partial charge in [0.25, 0.3) is 0 Å². The minimum atomic E-state index is 0.444. The molecule has 1 heteroatoms. The first-order chi connectivity index (χ1) is 17.0. The topological polar surface area (TPSA) is 12.0 Å². The molecule has 0 amide bonds. The molecule has 4 saturated carbocycles. The Morgan fingerprint density at radius 3 is 2.20 bits per heavy atom. The van der Waals surface area contributed by atoms with Crippen molar-refractivity contribution in [2.45, 2.75) is 132 Å². The van der Waals surface area contributed by atoms with Crippen molar-refractivity contribution in [3.05, 3.63) is 35.9 Å². The van der Waals surface area contributed by atoms with E-state index in [0.29, 0.717) is 17.5 Å². The van der Waals surface area contributed by atoms with Crippen LogP contribution in [0.5, 0.6) is 0 Å². The second-order valence-corrected chi connectivity index (χ2v) is 12.3. The van der Waals surface area contributed by atoms with Gasteiger partial charge in [0.2, 0.25) is 0 Å². The van der Waals surface area contributed by atoms with Crippen LogP contribution in [0.1, 0.15) is 131 Å². The standard InChI is InChI=1S/C30H47N.2C2H6/c1-5-22-11-13-25-24(19-22)12-14-27-26(25)17-18-30(4)28(15-16-29(27)30)21(3)31-20(2)23-9-7-6-8-10-23;2*1-2/h6-10,20-22,24-29,31H,5,11-19H2,1-4H3;2*1-2H3. The van der Waals surface area contributed by atoms with E-state index in [0.717, 1.165) is 41.4 Å². The monoisotopic (exact) mass is 481 g/mol. The van der Waals surface area contributed by atoms with Crippen molar-refractivity contribution in [1.82, 2.24) is 5.32 Å². The molecule has 0 aliphatic heterocycles. The minimum absolute atomic E-state index is 0.444. The molecule has 4 aliphatic rings. The van der Waals surface area contributed by atoms with Gasteiger partial charge in [-0.3, -0.25) is 0 Å². The fourth-order valence-electron chi connectivity index (χ4n) is 9.53. The summed E-state index contributed by atoms with van der Waals surface area (Å²) in [5.41, 5.74) is 2.00. The highest BCUT2D eigenvalue weighted by Crippen LogP contribution is 2.65. The van der Waals surface area contributed by atoms with Crippen LogP contribution >= 0.6 is 0 Å².